The van der Waals surface area contributed by atoms with Gasteiger partial charge in [0, 0.05) is 18.5 Å². The van der Waals surface area contributed by atoms with Gasteiger partial charge < -0.3 is 15.4 Å². The molecule has 2 N–H and O–H groups in total. The summed E-state index contributed by atoms with van der Waals surface area (Å²) < 4.78 is 9.72. The topological polar surface area (TPSA) is 68.5 Å². The van der Waals surface area contributed by atoms with Gasteiger partial charge in [0.15, 0.2) is 0 Å². The van der Waals surface area contributed by atoms with Crippen molar-refractivity contribution in [3.05, 3.63) is 17.1 Å². The van der Waals surface area contributed by atoms with Crippen LogP contribution in [0.2, 0.25) is 0 Å². The summed E-state index contributed by atoms with van der Waals surface area (Å²) in [4.78, 5) is 13.8. The van der Waals surface area contributed by atoms with Gasteiger partial charge in [-0.15, -0.1) is 0 Å². The van der Waals surface area contributed by atoms with E-state index in [4.69, 9.17) is 10.5 Å². The Morgan fingerprint density at radius 2 is 2.32 bits per heavy atom. The third-order valence-electron chi connectivity index (χ3n) is 3.12. The Labute approximate surface area is 117 Å². The van der Waals surface area contributed by atoms with E-state index in [9.17, 15) is 4.79 Å². The predicted molar refractivity (Wildman–Crippen MR) is 75.0 cm³/mol. The number of carbonyl (C=O) groups is 1. The SMILES string of the molecule is CC(C)(C)OC(=O)N1CCCC(N)(c2ccsn2)C1. The smallest absolute Gasteiger partial charge is 0.410 e. The summed E-state index contributed by atoms with van der Waals surface area (Å²) in [6.07, 6.45) is 1.42. The van der Waals surface area contributed by atoms with Crippen LogP contribution in [0.1, 0.15) is 39.3 Å². The maximum Gasteiger partial charge on any atom is 0.410 e. The molecule has 1 amide bonds. The molecule has 0 spiro atoms. The summed E-state index contributed by atoms with van der Waals surface area (Å²) in [6.45, 7) is 6.75. The molecule has 2 rings (SSSR count). The van der Waals surface area contributed by atoms with Gasteiger partial charge in [-0.25, -0.2) is 4.79 Å². The highest BCUT2D eigenvalue weighted by Crippen LogP contribution is 2.29. The normalized spacial score (nSPS) is 24.3. The lowest BCUT2D eigenvalue weighted by atomic mass is 9.87. The molecule has 6 heteroatoms. The molecule has 1 aromatic heterocycles. The largest absolute Gasteiger partial charge is 0.444 e. The van der Waals surface area contributed by atoms with E-state index in [1.165, 1.54) is 11.5 Å². The number of piperidine rings is 1. The van der Waals surface area contributed by atoms with Crippen LogP contribution < -0.4 is 5.73 Å². The first-order valence-corrected chi connectivity index (χ1v) is 7.31. The van der Waals surface area contributed by atoms with Crippen molar-refractivity contribution in [3.8, 4) is 0 Å². The Bertz CT molecular complexity index is 441. The van der Waals surface area contributed by atoms with Crippen molar-refractivity contribution in [1.82, 2.24) is 9.27 Å². The highest BCUT2D eigenvalue weighted by Gasteiger charge is 2.38. The molecule has 0 aliphatic carbocycles. The van der Waals surface area contributed by atoms with E-state index in [0.29, 0.717) is 13.1 Å². The monoisotopic (exact) mass is 283 g/mol. The number of nitrogens with two attached hydrogens (primary N) is 1. The van der Waals surface area contributed by atoms with Crippen molar-refractivity contribution in [2.24, 2.45) is 5.73 Å². The lowest BCUT2D eigenvalue weighted by Crippen LogP contribution is -2.54. The molecule has 1 atom stereocenters. The van der Waals surface area contributed by atoms with Crippen LogP contribution in [0.25, 0.3) is 0 Å². The average Bonchev–Trinajstić information content (AvgIpc) is 2.80. The Hall–Kier alpha value is -1.14. The zero-order chi connectivity index (χ0) is 14.1. The lowest BCUT2D eigenvalue weighted by molar-refractivity contribution is 0.0135. The number of hydrogen-bond donors (Lipinski definition) is 1. The Kier molecular flexibility index (Phi) is 3.82. The minimum Gasteiger partial charge on any atom is -0.444 e. The Balaban J connectivity index is 2.07. The third kappa shape index (κ3) is 3.45. The fraction of sp³-hybridized carbons (Fsp3) is 0.692. The van der Waals surface area contributed by atoms with E-state index in [0.717, 1.165) is 18.5 Å². The Morgan fingerprint density at radius 1 is 1.58 bits per heavy atom. The van der Waals surface area contributed by atoms with Gasteiger partial charge in [0.05, 0.1) is 11.2 Å². The first kappa shape index (κ1) is 14.3. The van der Waals surface area contributed by atoms with Crippen LogP contribution >= 0.6 is 11.5 Å². The molecule has 0 radical (unpaired) electrons. The Morgan fingerprint density at radius 3 is 2.89 bits per heavy atom. The summed E-state index contributed by atoms with van der Waals surface area (Å²) in [5, 5.41) is 1.91. The van der Waals surface area contributed by atoms with Crippen LogP contribution in [0.3, 0.4) is 0 Å². The van der Waals surface area contributed by atoms with Crippen molar-refractivity contribution in [2.45, 2.75) is 44.8 Å². The molecule has 0 saturated carbocycles. The molecule has 1 aliphatic heterocycles. The summed E-state index contributed by atoms with van der Waals surface area (Å²) in [5.41, 5.74) is 6.25. The second-order valence-corrected chi connectivity index (χ2v) is 6.71. The van der Waals surface area contributed by atoms with Crippen LogP contribution in [-0.2, 0) is 10.3 Å². The van der Waals surface area contributed by atoms with Crippen LogP contribution in [0.15, 0.2) is 11.4 Å². The number of amides is 1. The highest BCUT2D eigenvalue weighted by molar-refractivity contribution is 7.03. The van der Waals surface area contributed by atoms with E-state index in [1.807, 2.05) is 32.2 Å². The van der Waals surface area contributed by atoms with Gasteiger partial charge in [0.25, 0.3) is 0 Å². The second kappa shape index (κ2) is 5.09. The van der Waals surface area contributed by atoms with Crippen LogP contribution in [0.5, 0.6) is 0 Å². The maximum atomic E-state index is 12.1. The first-order valence-electron chi connectivity index (χ1n) is 6.48. The predicted octanol–water partition coefficient (Wildman–Crippen LogP) is 2.33. The molecule has 5 nitrogen and oxygen atoms in total. The van der Waals surface area contributed by atoms with Gasteiger partial charge in [0.2, 0.25) is 0 Å². The second-order valence-electron chi connectivity index (χ2n) is 6.05. The average molecular weight is 283 g/mol. The van der Waals surface area contributed by atoms with Gasteiger partial charge in [-0.2, -0.15) is 4.37 Å². The van der Waals surface area contributed by atoms with E-state index in [-0.39, 0.29) is 6.09 Å². The fourth-order valence-corrected chi connectivity index (χ4v) is 2.85. The summed E-state index contributed by atoms with van der Waals surface area (Å²) in [6, 6.07) is 1.93. The number of rotatable bonds is 1. The van der Waals surface area contributed by atoms with E-state index in [2.05, 4.69) is 4.37 Å². The quantitative estimate of drug-likeness (QED) is 0.859. The van der Waals surface area contributed by atoms with Crippen LogP contribution in [0.4, 0.5) is 4.79 Å². The molecule has 1 aliphatic rings. The van der Waals surface area contributed by atoms with Crippen molar-refractivity contribution in [1.29, 1.82) is 0 Å². The molecular weight excluding hydrogens is 262 g/mol. The lowest BCUT2D eigenvalue weighted by Gasteiger charge is -2.39. The molecule has 1 unspecified atom stereocenters. The summed E-state index contributed by atoms with van der Waals surface area (Å²) in [7, 11) is 0. The number of hydrogen-bond acceptors (Lipinski definition) is 5. The molecule has 106 valence electrons. The van der Waals surface area contributed by atoms with Crippen LogP contribution in [0, 0.1) is 0 Å². The van der Waals surface area contributed by atoms with Gasteiger partial charge in [-0.1, -0.05) is 0 Å². The summed E-state index contributed by atoms with van der Waals surface area (Å²) in [5.74, 6) is 0. The molecule has 2 heterocycles. The zero-order valence-corrected chi connectivity index (χ0v) is 12.5. The zero-order valence-electron chi connectivity index (χ0n) is 11.7. The van der Waals surface area contributed by atoms with Crippen molar-refractivity contribution >= 4 is 17.6 Å². The molecule has 1 saturated heterocycles. The molecule has 0 bridgehead atoms. The molecule has 0 aromatic carbocycles. The standard InChI is InChI=1S/C13H21N3O2S/c1-12(2,3)18-11(17)16-7-4-6-13(14,9-16)10-5-8-19-15-10/h5,8H,4,6-7,9,14H2,1-3H3. The number of ether oxygens (including phenoxy) is 1. The van der Waals surface area contributed by atoms with Crippen molar-refractivity contribution in [3.63, 3.8) is 0 Å². The number of carbonyl (C=O) groups excluding carboxylic acids is 1. The van der Waals surface area contributed by atoms with E-state index in [1.54, 1.807) is 4.90 Å². The van der Waals surface area contributed by atoms with E-state index >= 15 is 0 Å². The van der Waals surface area contributed by atoms with Gasteiger partial charge >= 0.3 is 6.09 Å². The fourth-order valence-electron chi connectivity index (χ4n) is 2.24. The number of nitrogens with zero attached hydrogens (tertiary/aromatic N) is 2. The van der Waals surface area contributed by atoms with Crippen LogP contribution in [-0.4, -0.2) is 34.1 Å². The number of aromatic nitrogens is 1. The maximum absolute atomic E-state index is 12.1. The molecular formula is C13H21N3O2S. The van der Waals surface area contributed by atoms with Gasteiger partial charge in [0.1, 0.15) is 5.60 Å². The minimum absolute atomic E-state index is 0.294. The molecule has 1 fully saturated rings. The summed E-state index contributed by atoms with van der Waals surface area (Å²) >= 11 is 1.39. The van der Waals surface area contributed by atoms with Gasteiger partial charge in [-0.3, -0.25) is 0 Å². The highest BCUT2D eigenvalue weighted by atomic mass is 32.1. The minimum atomic E-state index is -0.546. The van der Waals surface area contributed by atoms with Crippen molar-refractivity contribution < 1.29 is 9.53 Å². The van der Waals surface area contributed by atoms with Crippen molar-refractivity contribution in [2.75, 3.05) is 13.1 Å². The van der Waals surface area contributed by atoms with Gasteiger partial charge in [-0.05, 0) is 51.2 Å². The third-order valence-corrected chi connectivity index (χ3v) is 3.68. The number of likely N-dealkylation sites (tertiary alicyclic amines) is 1. The first-order chi connectivity index (χ1) is 8.80. The molecule has 1 aromatic rings. The van der Waals surface area contributed by atoms with E-state index < -0.39 is 11.1 Å². The molecule has 19 heavy (non-hydrogen) atoms.